The molecule has 0 fully saturated rings. The Morgan fingerprint density at radius 3 is 1.57 bits per heavy atom. The molecule has 0 aliphatic carbocycles. The molecule has 4 nitrogen and oxygen atoms in total. The molecule has 0 saturated carbocycles. The Hall–Kier alpha value is -4.33. The number of esters is 1. The minimum atomic E-state index is -1.32. The summed E-state index contributed by atoms with van der Waals surface area (Å²) in [5.74, 6) is -5.94. The minimum absolute atomic E-state index is 0.00202. The van der Waals surface area contributed by atoms with E-state index in [-0.39, 0.29) is 22.4 Å². The molecule has 0 saturated heterocycles. The molecule has 0 heterocycles. The van der Waals surface area contributed by atoms with E-state index in [0.717, 1.165) is 6.07 Å². The molecule has 0 N–H and O–H groups in total. The van der Waals surface area contributed by atoms with Crippen molar-refractivity contribution in [2.45, 2.75) is 0 Å². The van der Waals surface area contributed by atoms with Crippen molar-refractivity contribution in [3.8, 4) is 39.5 Å². The second kappa shape index (κ2) is 9.89. The SMILES string of the molecule is COc1ccc(-c2ccc(OC(=O)c3ccc(-c4ccc(OC)c(F)c4F)cc3)c(F)c2F)cc1. The number of ether oxygens (including phenoxy) is 3. The molecule has 0 radical (unpaired) electrons. The zero-order valence-corrected chi connectivity index (χ0v) is 18.6. The fourth-order valence-corrected chi connectivity index (χ4v) is 3.46. The van der Waals surface area contributed by atoms with Crippen molar-refractivity contribution in [3.63, 3.8) is 0 Å². The van der Waals surface area contributed by atoms with E-state index in [1.165, 1.54) is 56.7 Å². The summed E-state index contributed by atoms with van der Waals surface area (Å²) in [6.45, 7) is 0. The first kappa shape index (κ1) is 23.8. The van der Waals surface area contributed by atoms with Gasteiger partial charge >= 0.3 is 5.97 Å². The third-order valence-corrected chi connectivity index (χ3v) is 5.35. The van der Waals surface area contributed by atoms with Gasteiger partial charge in [0.2, 0.25) is 11.6 Å². The van der Waals surface area contributed by atoms with Gasteiger partial charge in [0.15, 0.2) is 23.1 Å². The molecule has 0 aliphatic heterocycles. The highest BCUT2D eigenvalue weighted by Gasteiger charge is 2.20. The summed E-state index contributed by atoms with van der Waals surface area (Å²) in [6.07, 6.45) is 0. The van der Waals surface area contributed by atoms with Crippen LogP contribution in [0.25, 0.3) is 22.3 Å². The summed E-state index contributed by atoms with van der Waals surface area (Å²) in [6, 6.07) is 16.8. The van der Waals surface area contributed by atoms with Crippen LogP contribution < -0.4 is 14.2 Å². The first-order valence-corrected chi connectivity index (χ1v) is 10.3. The van der Waals surface area contributed by atoms with Gasteiger partial charge in [0.05, 0.1) is 19.8 Å². The molecule has 0 amide bonds. The van der Waals surface area contributed by atoms with Crippen molar-refractivity contribution in [1.82, 2.24) is 0 Å². The van der Waals surface area contributed by atoms with Crippen molar-refractivity contribution in [1.29, 1.82) is 0 Å². The smallest absolute Gasteiger partial charge is 0.343 e. The van der Waals surface area contributed by atoms with Crippen LogP contribution in [0.4, 0.5) is 17.6 Å². The van der Waals surface area contributed by atoms with Crippen LogP contribution in [0.2, 0.25) is 0 Å². The maximum atomic E-state index is 14.7. The van der Waals surface area contributed by atoms with Crippen molar-refractivity contribution in [3.05, 3.63) is 102 Å². The van der Waals surface area contributed by atoms with E-state index in [2.05, 4.69) is 0 Å². The molecule has 4 aromatic rings. The lowest BCUT2D eigenvalue weighted by molar-refractivity contribution is 0.0727. The Morgan fingerprint density at radius 2 is 1.06 bits per heavy atom. The normalized spacial score (nSPS) is 10.7. The Morgan fingerprint density at radius 1 is 0.571 bits per heavy atom. The summed E-state index contributed by atoms with van der Waals surface area (Å²) < 4.78 is 72.5. The van der Waals surface area contributed by atoms with Crippen LogP contribution in [-0.2, 0) is 0 Å². The van der Waals surface area contributed by atoms with Crippen molar-refractivity contribution < 1.29 is 36.6 Å². The van der Waals surface area contributed by atoms with E-state index in [0.29, 0.717) is 16.9 Å². The predicted octanol–water partition coefficient (Wildman–Crippen LogP) is 6.81. The Labute approximate surface area is 198 Å². The molecule has 0 aromatic heterocycles. The van der Waals surface area contributed by atoms with Gasteiger partial charge in [0, 0.05) is 11.1 Å². The maximum absolute atomic E-state index is 14.7. The number of hydrogen-bond acceptors (Lipinski definition) is 4. The number of benzene rings is 4. The molecule has 178 valence electrons. The third kappa shape index (κ3) is 4.68. The molecule has 0 atom stereocenters. The van der Waals surface area contributed by atoms with Gasteiger partial charge in [0.25, 0.3) is 0 Å². The number of rotatable bonds is 6. The average Bonchev–Trinajstić information content (AvgIpc) is 2.88. The van der Waals surface area contributed by atoms with Gasteiger partial charge < -0.3 is 14.2 Å². The molecule has 4 rings (SSSR count). The Kier molecular flexibility index (Phi) is 6.73. The molecule has 0 bridgehead atoms. The maximum Gasteiger partial charge on any atom is 0.343 e. The zero-order valence-electron chi connectivity index (χ0n) is 18.6. The Balaban J connectivity index is 1.54. The van der Waals surface area contributed by atoms with Gasteiger partial charge in [-0.15, -0.1) is 0 Å². The van der Waals surface area contributed by atoms with Crippen LogP contribution in [0.15, 0.2) is 72.8 Å². The fourth-order valence-electron chi connectivity index (χ4n) is 3.46. The van der Waals surface area contributed by atoms with E-state index in [1.54, 1.807) is 24.3 Å². The van der Waals surface area contributed by atoms with Crippen molar-refractivity contribution >= 4 is 5.97 Å². The van der Waals surface area contributed by atoms with E-state index in [1.807, 2.05) is 0 Å². The van der Waals surface area contributed by atoms with Crippen LogP contribution in [0.5, 0.6) is 17.2 Å². The first-order chi connectivity index (χ1) is 16.8. The molecule has 35 heavy (non-hydrogen) atoms. The summed E-state index contributed by atoms with van der Waals surface area (Å²) in [4.78, 5) is 12.5. The van der Waals surface area contributed by atoms with Crippen LogP contribution in [-0.4, -0.2) is 20.2 Å². The number of hydrogen-bond donors (Lipinski definition) is 0. The lowest BCUT2D eigenvalue weighted by Gasteiger charge is -2.11. The highest BCUT2D eigenvalue weighted by molar-refractivity contribution is 5.91. The monoisotopic (exact) mass is 482 g/mol. The summed E-state index contributed by atoms with van der Waals surface area (Å²) in [5, 5.41) is 0. The zero-order chi connectivity index (χ0) is 25.1. The number of carbonyl (C=O) groups excluding carboxylic acids is 1. The summed E-state index contributed by atoms with van der Waals surface area (Å²) in [7, 11) is 2.71. The standard InChI is InChI=1S/C27H18F4O4/c1-33-18-9-7-16(8-10-18)20-12-14-22(26(31)24(20)29)35-27(32)17-5-3-15(4-6-17)19-11-13-21(34-2)25(30)23(19)28/h3-14H,1-2H3. The van der Waals surface area contributed by atoms with Gasteiger partial charge in [-0.2, -0.15) is 8.78 Å². The van der Waals surface area contributed by atoms with Gasteiger partial charge in [-0.25, -0.2) is 13.6 Å². The van der Waals surface area contributed by atoms with Gasteiger partial charge in [0.1, 0.15) is 5.75 Å². The largest absolute Gasteiger partial charge is 0.497 e. The molecule has 0 aliphatic rings. The summed E-state index contributed by atoms with van der Waals surface area (Å²) >= 11 is 0. The Bertz CT molecular complexity index is 1380. The molecule has 0 unspecified atom stereocenters. The van der Waals surface area contributed by atoms with Crippen molar-refractivity contribution in [2.75, 3.05) is 14.2 Å². The highest BCUT2D eigenvalue weighted by Crippen LogP contribution is 2.32. The lowest BCUT2D eigenvalue weighted by Crippen LogP contribution is -2.10. The van der Waals surface area contributed by atoms with Gasteiger partial charge in [-0.3, -0.25) is 0 Å². The van der Waals surface area contributed by atoms with Crippen LogP contribution >= 0.6 is 0 Å². The quantitative estimate of drug-likeness (QED) is 0.172. The number of carbonyl (C=O) groups is 1. The van der Waals surface area contributed by atoms with E-state index < -0.39 is 35.0 Å². The van der Waals surface area contributed by atoms with E-state index in [4.69, 9.17) is 14.2 Å². The van der Waals surface area contributed by atoms with Crippen LogP contribution in [0, 0.1) is 23.3 Å². The molecule has 8 heteroatoms. The van der Waals surface area contributed by atoms with Gasteiger partial charge in [-0.05, 0) is 59.7 Å². The topological polar surface area (TPSA) is 44.8 Å². The third-order valence-electron chi connectivity index (χ3n) is 5.35. The number of halogens is 4. The van der Waals surface area contributed by atoms with Crippen molar-refractivity contribution in [2.24, 2.45) is 0 Å². The molecular formula is C27H18F4O4. The van der Waals surface area contributed by atoms with Crippen LogP contribution in [0.3, 0.4) is 0 Å². The molecular weight excluding hydrogens is 464 g/mol. The number of methoxy groups -OCH3 is 2. The average molecular weight is 482 g/mol. The fraction of sp³-hybridized carbons (Fsp3) is 0.0741. The van der Waals surface area contributed by atoms with E-state index in [9.17, 15) is 22.4 Å². The second-order valence-electron chi connectivity index (χ2n) is 7.38. The van der Waals surface area contributed by atoms with E-state index >= 15 is 0 Å². The minimum Gasteiger partial charge on any atom is -0.497 e. The highest BCUT2D eigenvalue weighted by atomic mass is 19.2. The summed E-state index contributed by atoms with van der Waals surface area (Å²) in [5.41, 5.74) is 0.662. The first-order valence-electron chi connectivity index (χ1n) is 10.3. The van der Waals surface area contributed by atoms with Crippen LogP contribution in [0.1, 0.15) is 10.4 Å². The molecule has 0 spiro atoms. The second-order valence-corrected chi connectivity index (χ2v) is 7.38. The van der Waals surface area contributed by atoms with Gasteiger partial charge in [-0.1, -0.05) is 24.3 Å². The lowest BCUT2D eigenvalue weighted by atomic mass is 10.0. The predicted molar refractivity (Wildman–Crippen MR) is 122 cm³/mol. The molecule has 4 aromatic carbocycles.